The third kappa shape index (κ3) is 6.16. The average molecular weight is 558 g/mol. The Balaban J connectivity index is 1.49. The summed E-state index contributed by atoms with van der Waals surface area (Å²) >= 11 is 5.94. The lowest BCUT2D eigenvalue weighted by atomic mass is 10.1. The molecule has 206 valence electrons. The second-order valence-electron chi connectivity index (χ2n) is 10.6. The van der Waals surface area contributed by atoms with Crippen LogP contribution < -0.4 is 4.74 Å². The molecule has 4 rings (SSSR count). The van der Waals surface area contributed by atoms with Gasteiger partial charge >= 0.3 is 12.1 Å². The van der Waals surface area contributed by atoms with Crippen molar-refractivity contribution in [2.45, 2.75) is 83.2 Å². The molecular formula is C25H36ClN3O7S. The second-order valence-corrected chi connectivity index (χ2v) is 12.9. The van der Waals surface area contributed by atoms with Crippen LogP contribution in [0.1, 0.15) is 53.4 Å². The van der Waals surface area contributed by atoms with Crippen LogP contribution in [0.3, 0.4) is 0 Å². The number of rotatable bonds is 6. The van der Waals surface area contributed by atoms with Gasteiger partial charge in [-0.05, 0) is 77.6 Å². The third-order valence-corrected chi connectivity index (χ3v) is 9.12. The normalized spacial score (nSPS) is 25.6. The third-order valence-electron chi connectivity index (χ3n) is 6.88. The summed E-state index contributed by atoms with van der Waals surface area (Å²) in [5.41, 5.74) is -0.711. The molecule has 3 aliphatic rings. The summed E-state index contributed by atoms with van der Waals surface area (Å²) in [6.07, 6.45) is 1.44. The molecule has 12 heteroatoms. The molecular weight excluding hydrogens is 522 g/mol. The van der Waals surface area contributed by atoms with Gasteiger partial charge in [0.2, 0.25) is 0 Å². The van der Waals surface area contributed by atoms with Crippen LogP contribution in [0.15, 0.2) is 24.3 Å². The maximum Gasteiger partial charge on any atom is 0.410 e. The molecule has 0 saturated carbocycles. The first kappa shape index (κ1) is 27.9. The fourth-order valence-electron chi connectivity index (χ4n) is 5.29. The van der Waals surface area contributed by atoms with Crippen LogP contribution in [0.25, 0.3) is 0 Å². The van der Waals surface area contributed by atoms with Crippen LogP contribution in [0, 0.1) is 0 Å². The molecule has 10 nitrogen and oxygen atoms in total. The highest BCUT2D eigenvalue weighted by molar-refractivity contribution is 7.86. The van der Waals surface area contributed by atoms with Gasteiger partial charge in [0.1, 0.15) is 23.5 Å². The summed E-state index contributed by atoms with van der Waals surface area (Å²) in [4.78, 5) is 27.7. The Morgan fingerprint density at radius 2 is 1.70 bits per heavy atom. The maximum absolute atomic E-state index is 13.8. The van der Waals surface area contributed by atoms with Gasteiger partial charge in [-0.15, -0.1) is 0 Å². The van der Waals surface area contributed by atoms with E-state index in [1.807, 2.05) is 0 Å². The molecule has 1 aromatic carbocycles. The summed E-state index contributed by atoms with van der Waals surface area (Å²) < 4.78 is 47.2. The van der Waals surface area contributed by atoms with Crippen molar-refractivity contribution in [1.82, 2.24) is 13.5 Å². The fraction of sp³-hybridized carbons (Fsp3) is 0.680. The standard InChI is InChI=1S/C25H36ClN3O7S/c1-5-34-23(30)22-21-11-8-18(29(21)24(31)36-25(2,3)4)16-28(22)37(32,33)27-14-12-20(13-15-27)35-19-9-6-17(26)7-10-19/h6-7,9-10,18,20-22H,5,8,11-16H2,1-4H3/t18-,21+,22+/m1/s1. The van der Waals surface area contributed by atoms with Gasteiger partial charge in [-0.1, -0.05) is 11.6 Å². The van der Waals surface area contributed by atoms with Gasteiger partial charge in [-0.3, -0.25) is 9.69 Å². The first-order chi connectivity index (χ1) is 17.4. The molecule has 3 fully saturated rings. The Morgan fingerprint density at radius 3 is 2.30 bits per heavy atom. The van der Waals surface area contributed by atoms with Crippen molar-refractivity contribution in [3.05, 3.63) is 29.3 Å². The Morgan fingerprint density at radius 1 is 1.05 bits per heavy atom. The van der Waals surface area contributed by atoms with Crippen molar-refractivity contribution < 1.29 is 32.2 Å². The van der Waals surface area contributed by atoms with Crippen molar-refractivity contribution in [2.75, 3.05) is 26.2 Å². The van der Waals surface area contributed by atoms with E-state index in [-0.39, 0.29) is 38.4 Å². The predicted molar refractivity (Wildman–Crippen MR) is 138 cm³/mol. The lowest BCUT2D eigenvalue weighted by molar-refractivity contribution is -0.151. The minimum absolute atomic E-state index is 0.0166. The molecule has 37 heavy (non-hydrogen) atoms. The summed E-state index contributed by atoms with van der Waals surface area (Å²) in [7, 11) is -4.00. The topological polar surface area (TPSA) is 106 Å². The Hall–Kier alpha value is -2.08. The molecule has 3 atom stereocenters. The number of fused-ring (bicyclic) bond motifs is 2. The number of carbonyl (C=O) groups is 2. The Labute approximate surface area is 223 Å². The fourth-order valence-corrected chi connectivity index (χ4v) is 7.26. The highest BCUT2D eigenvalue weighted by Gasteiger charge is 2.56. The molecule has 3 aliphatic heterocycles. The monoisotopic (exact) mass is 557 g/mol. The lowest BCUT2D eigenvalue weighted by Crippen LogP contribution is -2.67. The summed E-state index contributed by atoms with van der Waals surface area (Å²) in [6.45, 7) is 7.65. The van der Waals surface area contributed by atoms with Crippen molar-refractivity contribution in [3.63, 3.8) is 0 Å². The van der Waals surface area contributed by atoms with Crippen LogP contribution in [-0.4, -0.2) is 90.1 Å². The largest absolute Gasteiger partial charge is 0.490 e. The van der Waals surface area contributed by atoms with Crippen molar-refractivity contribution in [2.24, 2.45) is 0 Å². The van der Waals surface area contributed by atoms with E-state index < -0.39 is 40.0 Å². The summed E-state index contributed by atoms with van der Waals surface area (Å²) in [6, 6.07) is 4.93. The molecule has 3 heterocycles. The summed E-state index contributed by atoms with van der Waals surface area (Å²) in [5, 5.41) is 0.616. The second kappa shape index (κ2) is 11.0. The van der Waals surface area contributed by atoms with Crippen molar-refractivity contribution >= 4 is 33.9 Å². The van der Waals surface area contributed by atoms with Crippen molar-refractivity contribution in [3.8, 4) is 5.75 Å². The molecule has 0 unspecified atom stereocenters. The Bertz CT molecular complexity index is 1080. The van der Waals surface area contributed by atoms with Gasteiger partial charge in [-0.2, -0.15) is 17.0 Å². The summed E-state index contributed by atoms with van der Waals surface area (Å²) in [5.74, 6) is 0.0360. The zero-order valence-corrected chi connectivity index (χ0v) is 23.3. The first-order valence-electron chi connectivity index (χ1n) is 12.8. The highest BCUT2D eigenvalue weighted by Crippen LogP contribution is 2.38. The molecule has 0 N–H and O–H groups in total. The molecule has 0 radical (unpaired) electrons. The number of piperazine rings is 1. The van der Waals surface area contributed by atoms with Gasteiger partial charge in [-0.25, -0.2) is 4.79 Å². The average Bonchev–Trinajstić information content (AvgIpc) is 3.13. The molecule has 0 spiro atoms. The van der Waals surface area contributed by atoms with E-state index in [1.54, 1.807) is 56.9 Å². The number of hydrogen-bond donors (Lipinski definition) is 0. The SMILES string of the molecule is CCOC(=O)[C@@H]1[C@@H]2CC[C@H](CN1S(=O)(=O)N1CCC(Oc3ccc(Cl)cc3)CC1)N2C(=O)OC(C)(C)C. The minimum Gasteiger partial charge on any atom is -0.490 e. The van der Waals surface area contributed by atoms with E-state index in [1.165, 1.54) is 8.61 Å². The Kier molecular flexibility index (Phi) is 8.27. The number of hydrogen-bond acceptors (Lipinski definition) is 7. The molecule has 3 saturated heterocycles. The first-order valence-corrected chi connectivity index (χ1v) is 14.6. The highest BCUT2D eigenvalue weighted by atomic mass is 35.5. The van der Waals surface area contributed by atoms with Gasteiger partial charge in [0, 0.05) is 30.7 Å². The van der Waals surface area contributed by atoms with Crippen molar-refractivity contribution in [1.29, 1.82) is 0 Å². The predicted octanol–water partition coefficient (Wildman–Crippen LogP) is 3.44. The number of benzene rings is 1. The van der Waals surface area contributed by atoms with Crippen LogP contribution in [0.4, 0.5) is 4.79 Å². The van der Waals surface area contributed by atoms with Crippen LogP contribution in [0.2, 0.25) is 5.02 Å². The molecule has 1 aromatic rings. The van der Waals surface area contributed by atoms with Crippen LogP contribution in [-0.2, 0) is 24.5 Å². The van der Waals surface area contributed by atoms with E-state index >= 15 is 0 Å². The lowest BCUT2D eigenvalue weighted by Gasteiger charge is -2.46. The van der Waals surface area contributed by atoms with E-state index in [2.05, 4.69) is 0 Å². The molecule has 1 amide bonds. The van der Waals surface area contributed by atoms with Gasteiger partial charge < -0.3 is 14.2 Å². The number of ether oxygens (including phenoxy) is 3. The van der Waals surface area contributed by atoms with E-state index in [0.717, 1.165) is 0 Å². The number of nitrogens with zero attached hydrogens (tertiary/aromatic N) is 3. The number of carbonyl (C=O) groups excluding carboxylic acids is 2. The van der Waals surface area contributed by atoms with Crippen LogP contribution in [0.5, 0.6) is 5.75 Å². The van der Waals surface area contributed by atoms with E-state index in [9.17, 15) is 18.0 Å². The van der Waals surface area contributed by atoms with Gasteiger partial charge in [0.15, 0.2) is 0 Å². The van der Waals surface area contributed by atoms with Gasteiger partial charge in [0.05, 0.1) is 12.6 Å². The number of esters is 1. The smallest absolute Gasteiger partial charge is 0.410 e. The number of amides is 1. The van der Waals surface area contributed by atoms with E-state index in [0.29, 0.717) is 36.5 Å². The maximum atomic E-state index is 13.8. The number of halogens is 1. The van der Waals surface area contributed by atoms with Gasteiger partial charge in [0.25, 0.3) is 10.2 Å². The zero-order chi connectivity index (χ0) is 27.0. The minimum atomic E-state index is -4.00. The molecule has 2 bridgehead atoms. The molecule has 0 aliphatic carbocycles. The van der Waals surface area contributed by atoms with Crippen LogP contribution >= 0.6 is 11.6 Å². The van der Waals surface area contributed by atoms with E-state index in [4.69, 9.17) is 25.8 Å². The zero-order valence-electron chi connectivity index (χ0n) is 21.8. The quantitative estimate of drug-likeness (QED) is 0.493. The molecule has 0 aromatic heterocycles. The number of piperidine rings is 1.